The van der Waals surface area contributed by atoms with E-state index in [2.05, 4.69) is 215 Å². The number of unbranched alkanes of at least 4 members (excludes halogenated alkanes) is 4. The maximum atomic E-state index is 12.8. The fourth-order valence-electron chi connectivity index (χ4n) is 19.5. The molecule has 4 saturated carbocycles. The summed E-state index contributed by atoms with van der Waals surface area (Å²) in [7, 11) is 0. The molecule has 0 aliphatic heterocycles. The van der Waals surface area contributed by atoms with E-state index >= 15 is 0 Å². The number of ketones is 4. The second-order valence-electron chi connectivity index (χ2n) is 38.2. The van der Waals surface area contributed by atoms with Crippen molar-refractivity contribution in [2.24, 2.45) is 92.7 Å². The molecule has 0 amide bonds. The number of carbonyl (C=O) groups is 4. The number of rotatable bonds is 32. The lowest BCUT2D eigenvalue weighted by Crippen LogP contribution is -2.45. The molecule has 0 N–H and O–H groups in total. The van der Waals surface area contributed by atoms with Crippen molar-refractivity contribution in [1.29, 1.82) is 0 Å². The molecule has 0 bridgehead atoms. The number of allylic oxidation sites excluding steroid dienone is 17. The molecule has 4 unspecified atom stereocenters. The van der Waals surface area contributed by atoms with E-state index in [9.17, 15) is 19.2 Å². The highest BCUT2D eigenvalue weighted by atomic mass is 16.5. The van der Waals surface area contributed by atoms with Crippen LogP contribution in [0.25, 0.3) is 0 Å². The summed E-state index contributed by atoms with van der Waals surface area (Å²) in [6.07, 6.45) is 45.0. The first-order chi connectivity index (χ1) is 52.9. The van der Waals surface area contributed by atoms with Gasteiger partial charge in [0, 0.05) is 23.7 Å². The first kappa shape index (κ1) is 97.3. The maximum Gasteiger partial charge on any atom is 0.162 e. The zero-order valence-corrected chi connectivity index (χ0v) is 76.6. The van der Waals surface area contributed by atoms with Crippen LogP contribution < -0.4 is 0 Å². The van der Waals surface area contributed by atoms with Gasteiger partial charge in [0.2, 0.25) is 0 Å². The smallest absolute Gasteiger partial charge is 0.162 e. The molecule has 0 aromatic rings. The Morgan fingerprint density at radius 2 is 0.566 bits per heavy atom. The van der Waals surface area contributed by atoms with Gasteiger partial charge >= 0.3 is 0 Å². The van der Waals surface area contributed by atoms with E-state index in [-0.39, 0.29) is 92.9 Å². The van der Waals surface area contributed by atoms with Crippen molar-refractivity contribution in [2.45, 2.75) is 352 Å². The Bertz CT molecular complexity index is 3420. The summed E-state index contributed by atoms with van der Waals surface area (Å²) >= 11 is 0. The van der Waals surface area contributed by atoms with Gasteiger partial charge in [-0.1, -0.05) is 255 Å². The Kier molecular flexibility index (Phi) is 37.7. The van der Waals surface area contributed by atoms with Gasteiger partial charge in [0.25, 0.3) is 0 Å². The zero-order valence-electron chi connectivity index (χ0n) is 76.6. The van der Waals surface area contributed by atoms with Crippen molar-refractivity contribution >= 4 is 23.1 Å². The Morgan fingerprint density at radius 3 is 0.761 bits per heavy atom. The van der Waals surface area contributed by atoms with Crippen LogP contribution in [0.3, 0.4) is 0 Å². The second kappa shape index (κ2) is 43.8. The summed E-state index contributed by atoms with van der Waals surface area (Å²) in [5, 5.41) is 0. The topological polar surface area (TPSA) is 105 Å². The van der Waals surface area contributed by atoms with E-state index in [1.807, 2.05) is 58.9 Å². The van der Waals surface area contributed by atoms with Gasteiger partial charge in [-0.2, -0.15) is 0 Å². The van der Waals surface area contributed by atoms with Crippen molar-refractivity contribution in [3.05, 3.63) is 191 Å². The third kappa shape index (κ3) is 25.4. The molecule has 113 heavy (non-hydrogen) atoms. The van der Waals surface area contributed by atoms with Gasteiger partial charge in [-0.3, -0.25) is 19.2 Å². The lowest BCUT2D eigenvalue weighted by molar-refractivity contribution is -0.120. The molecule has 8 aliphatic carbocycles. The van der Waals surface area contributed by atoms with Crippen LogP contribution >= 0.6 is 0 Å². The molecule has 0 radical (unpaired) electrons. The molecule has 4 fully saturated rings. The molecular formula is C105H162O8. The van der Waals surface area contributed by atoms with Crippen molar-refractivity contribution in [3.63, 3.8) is 0 Å². The minimum Gasteiger partial charge on any atom is -0.486 e. The molecule has 0 saturated heterocycles. The molecule has 0 aromatic carbocycles. The normalized spacial score (nSPS) is 31.7. The summed E-state index contributed by atoms with van der Waals surface area (Å²) in [6.45, 7) is 83.7. The molecule has 0 spiro atoms. The van der Waals surface area contributed by atoms with Crippen LogP contribution in [-0.4, -0.2) is 47.5 Å². The van der Waals surface area contributed by atoms with Crippen LogP contribution in [0.1, 0.15) is 327 Å². The Labute approximate surface area is 692 Å². The van der Waals surface area contributed by atoms with Crippen LogP contribution in [0, 0.1) is 92.7 Å². The van der Waals surface area contributed by atoms with Crippen LogP contribution in [0.15, 0.2) is 191 Å². The predicted molar refractivity (Wildman–Crippen MR) is 481 cm³/mol. The molecule has 8 rings (SSSR count). The van der Waals surface area contributed by atoms with E-state index in [4.69, 9.17) is 18.9 Å². The average Bonchev–Trinajstić information content (AvgIpc) is 0.769. The Morgan fingerprint density at radius 1 is 0.363 bits per heavy atom. The van der Waals surface area contributed by atoms with Crippen molar-refractivity contribution in [1.82, 2.24) is 0 Å². The Balaban J connectivity index is 0.000000269. The Hall–Kier alpha value is -6.28. The van der Waals surface area contributed by atoms with Crippen LogP contribution in [0.4, 0.5) is 0 Å². The molecule has 8 heteroatoms. The fourth-order valence-corrected chi connectivity index (χ4v) is 19.5. The van der Waals surface area contributed by atoms with Crippen LogP contribution in [0.2, 0.25) is 0 Å². The lowest BCUT2D eigenvalue weighted by atomic mass is 9.57. The first-order valence-electron chi connectivity index (χ1n) is 44.7. The standard InChI is InChI=1S/C27H42O2.3C26H40O2/c1-9-11-12-19(5)15-20(6)25(10-2)29-26-14-13-21(7)27(8)17-22(18(3)4)24(28)16-23(26)27;3*1-9-10-11-18(4)14-19(5)21(7)28-25-13-12-20(6)26(8)16-22(17(2)3)24(27)15-23(25)26/h10,15-16,19,21-22,26H,3,9,11-14,17H2,1-2,4-8H3;3*14-15,18,20,22,25H,2,7,9-13,16H2,1,3-6,8H3/b20-15+,25-10-;3*19-14+/t19?,21-,22-,26+,27+;3*18?,20-,22-,25+,26+/m0000/s1. The molecule has 0 aromatic heterocycles. The summed E-state index contributed by atoms with van der Waals surface area (Å²) in [5.41, 5.74) is 13.1. The van der Waals surface area contributed by atoms with Gasteiger partial charge in [0.15, 0.2) is 23.1 Å². The van der Waals surface area contributed by atoms with E-state index in [0.717, 1.165) is 139 Å². The van der Waals surface area contributed by atoms with Gasteiger partial charge < -0.3 is 18.9 Å². The largest absolute Gasteiger partial charge is 0.486 e. The van der Waals surface area contributed by atoms with Crippen molar-refractivity contribution in [2.75, 3.05) is 0 Å². The number of fused-ring (bicyclic) bond motifs is 4. The third-order valence-corrected chi connectivity index (χ3v) is 28.6. The molecule has 8 aliphatic rings. The van der Waals surface area contributed by atoms with Gasteiger partial charge in [0.1, 0.15) is 47.5 Å². The molecular weight excluding hydrogens is 1390 g/mol. The van der Waals surface area contributed by atoms with Crippen molar-refractivity contribution < 1.29 is 38.1 Å². The SMILES string of the molecule is C=C(C)[C@@H]1C[C@@]2(C)C(=CC1=O)[C@H](OC(=C\C)/C(C)=C/C(C)CCCC)CC[C@@H]2C.C=C(O[C@@H]1CC[C@H](C)[C@@]2(C)C[C@@H](C(=C)C)C(=O)C=C12)/C(C)=C/C(C)CCCC.C=C(O[C@@H]1CC[C@H](C)[C@@]2(C)C[C@@H](C(=C)C)C(=O)C=C12)/C(C)=C/C(C)CCCC.C=C(O[C@@H]1CC[C@H](C)[C@@]2(C)C[C@@H](C(=C)C)C(=O)C=C12)/C(C)=C/C(C)CCCC. The van der Waals surface area contributed by atoms with Gasteiger partial charge in [-0.05, 0) is 309 Å². The summed E-state index contributed by atoms with van der Waals surface area (Å²) < 4.78 is 25.7. The molecule has 20 atom stereocenters. The van der Waals surface area contributed by atoms with Gasteiger partial charge in [-0.15, -0.1) is 0 Å². The second-order valence-corrected chi connectivity index (χ2v) is 38.2. The van der Waals surface area contributed by atoms with E-state index < -0.39 is 0 Å². The van der Waals surface area contributed by atoms with E-state index in [0.29, 0.717) is 47.3 Å². The minimum absolute atomic E-state index is 0.00529. The fraction of sp³-hybridized carbons (Fsp3) is 0.657. The number of ether oxygens (including phenoxy) is 4. The zero-order chi connectivity index (χ0) is 84.9. The number of hydrogen-bond donors (Lipinski definition) is 0. The first-order valence-corrected chi connectivity index (χ1v) is 44.7. The minimum atomic E-state index is -0.0563. The summed E-state index contributed by atoms with van der Waals surface area (Å²) in [4.78, 5) is 51.0. The van der Waals surface area contributed by atoms with Crippen LogP contribution in [-0.2, 0) is 38.1 Å². The molecule has 8 nitrogen and oxygen atoms in total. The molecule has 630 valence electrons. The summed E-state index contributed by atoms with van der Waals surface area (Å²) in [6, 6.07) is 0. The predicted octanol–water partition coefficient (Wildman–Crippen LogP) is 29.1. The van der Waals surface area contributed by atoms with Gasteiger partial charge in [0.05, 0.1) is 0 Å². The highest BCUT2D eigenvalue weighted by molar-refractivity contribution is 5.97. The van der Waals surface area contributed by atoms with E-state index in [1.54, 1.807) is 0 Å². The maximum absolute atomic E-state index is 12.8. The quantitative estimate of drug-likeness (QED) is 0.0373. The molecule has 0 heterocycles. The highest BCUT2D eigenvalue weighted by Crippen LogP contribution is 2.58. The van der Waals surface area contributed by atoms with Crippen molar-refractivity contribution in [3.8, 4) is 0 Å². The summed E-state index contributed by atoms with van der Waals surface area (Å²) in [5.74, 6) is 8.06. The average molecular weight is 1550 g/mol. The highest BCUT2D eigenvalue weighted by Gasteiger charge is 2.53. The lowest BCUT2D eigenvalue weighted by Gasteiger charge is -2.49. The third-order valence-electron chi connectivity index (χ3n) is 28.6. The van der Waals surface area contributed by atoms with Gasteiger partial charge in [-0.25, -0.2) is 0 Å². The number of hydrogen-bond acceptors (Lipinski definition) is 8. The number of carbonyl (C=O) groups excluding carboxylic acids is 4. The van der Waals surface area contributed by atoms with E-state index in [1.165, 1.54) is 105 Å². The monoisotopic (exact) mass is 1550 g/mol. The van der Waals surface area contributed by atoms with Crippen LogP contribution in [0.5, 0.6) is 0 Å².